The summed E-state index contributed by atoms with van der Waals surface area (Å²) >= 11 is 1.42. The molecule has 0 spiro atoms. The number of para-hydroxylation sites is 1. The Bertz CT molecular complexity index is 1020. The highest BCUT2D eigenvalue weighted by Crippen LogP contribution is 2.21. The summed E-state index contributed by atoms with van der Waals surface area (Å²) in [6.07, 6.45) is 6.64. The number of rotatable bonds is 4. The third-order valence-electron chi connectivity index (χ3n) is 3.86. The van der Waals surface area contributed by atoms with Crippen LogP contribution in [0.4, 0.5) is 0 Å². The predicted molar refractivity (Wildman–Crippen MR) is 102 cm³/mol. The van der Waals surface area contributed by atoms with Gasteiger partial charge < -0.3 is 4.42 Å². The van der Waals surface area contributed by atoms with Gasteiger partial charge >= 0.3 is 0 Å². The van der Waals surface area contributed by atoms with Crippen LogP contribution in [0.5, 0.6) is 0 Å². The van der Waals surface area contributed by atoms with Gasteiger partial charge in [0.05, 0.1) is 11.6 Å². The van der Waals surface area contributed by atoms with Crippen LogP contribution in [0.3, 0.4) is 0 Å². The molecule has 0 saturated heterocycles. The fourth-order valence-corrected chi connectivity index (χ4v) is 3.33. The Morgan fingerprint density at radius 2 is 2.19 bits per heavy atom. The molecule has 2 aliphatic heterocycles. The van der Waals surface area contributed by atoms with Gasteiger partial charge in [-0.25, -0.2) is 5.01 Å². The fourth-order valence-electron chi connectivity index (χ4n) is 2.75. The molecule has 0 saturated carbocycles. The molecule has 1 amide bonds. The molecule has 0 unspecified atom stereocenters. The highest BCUT2D eigenvalue weighted by molar-refractivity contribution is 8.14. The molecular weight excluding hydrogens is 348 g/mol. The van der Waals surface area contributed by atoms with E-state index in [-0.39, 0.29) is 5.91 Å². The molecule has 7 heteroatoms. The number of thioether (sulfide) groups is 1. The van der Waals surface area contributed by atoms with Crippen molar-refractivity contribution in [2.45, 2.75) is 6.17 Å². The van der Waals surface area contributed by atoms with Gasteiger partial charge in [0, 0.05) is 11.0 Å². The van der Waals surface area contributed by atoms with E-state index in [4.69, 9.17) is 9.41 Å². The second-order valence-electron chi connectivity index (χ2n) is 5.59. The number of nitrogens with zero attached hydrogens (tertiary/aromatic N) is 3. The quantitative estimate of drug-likeness (QED) is 0.838. The minimum atomic E-state index is -0.435. The van der Waals surface area contributed by atoms with Gasteiger partial charge in [0.1, 0.15) is 11.5 Å². The lowest BCUT2D eigenvalue weighted by molar-refractivity contribution is -0.116. The van der Waals surface area contributed by atoms with Crippen molar-refractivity contribution < 1.29 is 9.21 Å². The molecule has 0 aliphatic carbocycles. The molecule has 1 aromatic carbocycles. The summed E-state index contributed by atoms with van der Waals surface area (Å²) in [6.45, 7) is 3.70. The average Bonchev–Trinajstić information content (AvgIpc) is 3.17. The van der Waals surface area contributed by atoms with Gasteiger partial charge in [-0.15, -0.1) is 11.7 Å². The summed E-state index contributed by atoms with van der Waals surface area (Å²) in [5, 5.41) is 11.2. The van der Waals surface area contributed by atoms with E-state index in [1.165, 1.54) is 11.8 Å². The molecule has 1 atom stereocenters. The lowest BCUT2D eigenvalue weighted by atomic mass is 10.1. The van der Waals surface area contributed by atoms with Gasteiger partial charge in [0.15, 0.2) is 11.3 Å². The Hall–Kier alpha value is -3.06. The minimum Gasteiger partial charge on any atom is -0.465 e. The molecular formula is C19H16N4O2S. The smallest absolute Gasteiger partial charge is 0.276 e. The fraction of sp³-hybridized carbons (Fsp3) is 0.105. The van der Waals surface area contributed by atoms with Crippen LogP contribution in [0.1, 0.15) is 5.76 Å². The zero-order valence-corrected chi connectivity index (χ0v) is 14.6. The summed E-state index contributed by atoms with van der Waals surface area (Å²) in [5.74, 6) is 1.18. The Kier molecular flexibility index (Phi) is 4.45. The molecule has 1 N–H and O–H groups in total. The second kappa shape index (κ2) is 7.05. The monoisotopic (exact) mass is 364 g/mol. The van der Waals surface area contributed by atoms with Gasteiger partial charge in [-0.1, -0.05) is 36.0 Å². The van der Waals surface area contributed by atoms with Crippen LogP contribution in [0, 0.1) is 0 Å². The minimum absolute atomic E-state index is 0.190. The van der Waals surface area contributed by atoms with Crippen molar-refractivity contribution in [1.82, 2.24) is 10.3 Å². The van der Waals surface area contributed by atoms with Gasteiger partial charge in [-0.2, -0.15) is 0 Å². The van der Waals surface area contributed by atoms with Crippen LogP contribution in [0.15, 0.2) is 75.9 Å². The highest BCUT2D eigenvalue weighted by Gasteiger charge is 2.32. The molecule has 0 fully saturated rings. The number of hydrogen-bond acceptors (Lipinski definition) is 6. The maximum Gasteiger partial charge on any atom is 0.276 e. The Balaban J connectivity index is 1.81. The van der Waals surface area contributed by atoms with Crippen molar-refractivity contribution in [3.05, 3.63) is 77.7 Å². The summed E-state index contributed by atoms with van der Waals surface area (Å²) in [6, 6.07) is 11.2. The van der Waals surface area contributed by atoms with Crippen LogP contribution in [0.25, 0.3) is 11.8 Å². The van der Waals surface area contributed by atoms with Crippen LogP contribution < -0.4 is 15.9 Å². The Morgan fingerprint density at radius 1 is 1.31 bits per heavy atom. The van der Waals surface area contributed by atoms with E-state index in [0.717, 1.165) is 10.6 Å². The predicted octanol–water partition coefficient (Wildman–Crippen LogP) is 1.68. The summed E-state index contributed by atoms with van der Waals surface area (Å²) in [5.41, 5.74) is 0.493. The van der Waals surface area contributed by atoms with Gasteiger partial charge in [0.25, 0.3) is 5.91 Å². The number of amides is 1. The first-order chi connectivity index (χ1) is 12.8. The molecule has 130 valence electrons. The molecule has 0 bridgehead atoms. The van der Waals surface area contributed by atoms with Crippen molar-refractivity contribution in [2.24, 2.45) is 10.1 Å². The van der Waals surface area contributed by atoms with Crippen LogP contribution >= 0.6 is 11.8 Å². The van der Waals surface area contributed by atoms with Crippen molar-refractivity contribution >= 4 is 34.6 Å². The van der Waals surface area contributed by atoms with Gasteiger partial charge in [-0.3, -0.25) is 15.1 Å². The molecule has 3 heterocycles. The van der Waals surface area contributed by atoms with E-state index < -0.39 is 6.17 Å². The van der Waals surface area contributed by atoms with E-state index in [1.54, 1.807) is 17.3 Å². The summed E-state index contributed by atoms with van der Waals surface area (Å²) in [7, 11) is 0. The summed E-state index contributed by atoms with van der Waals surface area (Å²) < 4.78 is 5.34. The van der Waals surface area contributed by atoms with E-state index in [0.29, 0.717) is 22.4 Å². The Labute approximate surface area is 154 Å². The van der Waals surface area contributed by atoms with Crippen molar-refractivity contribution in [3.63, 3.8) is 0 Å². The van der Waals surface area contributed by atoms with E-state index >= 15 is 0 Å². The number of amidine groups is 1. The number of carbonyl (C=O) groups excluding carboxylic acids is 1. The number of benzene rings is 1. The van der Waals surface area contributed by atoms with E-state index in [9.17, 15) is 4.79 Å². The van der Waals surface area contributed by atoms with E-state index in [1.807, 2.05) is 48.6 Å². The maximum absolute atomic E-state index is 12.7. The summed E-state index contributed by atoms with van der Waals surface area (Å²) in [4.78, 5) is 17.5. The highest BCUT2D eigenvalue weighted by atomic mass is 32.2. The van der Waals surface area contributed by atoms with Gasteiger partial charge in [-0.05, 0) is 30.4 Å². The third kappa shape index (κ3) is 3.09. The standard InChI is InChI=1S/C19H16N4O2S/c1-2-12-26-19-21-18(24)17-14-7-3-4-8-15(14)20-16(23(17)22-19)10-9-13-6-5-11-25-13/h2-11,16H,1,12H2,(H,21,22,24)/b10-9+/t16-/m1/s1. The topological polar surface area (TPSA) is 70.2 Å². The van der Waals surface area contributed by atoms with Crippen LogP contribution in [-0.2, 0) is 4.79 Å². The molecule has 1 aromatic heterocycles. The molecule has 26 heavy (non-hydrogen) atoms. The van der Waals surface area contributed by atoms with Crippen LogP contribution in [-0.4, -0.2) is 28.0 Å². The number of furan rings is 1. The second-order valence-corrected chi connectivity index (χ2v) is 6.60. The van der Waals surface area contributed by atoms with Crippen molar-refractivity contribution in [1.29, 1.82) is 0 Å². The molecule has 6 nitrogen and oxygen atoms in total. The van der Waals surface area contributed by atoms with Crippen LogP contribution in [0.2, 0.25) is 0 Å². The molecule has 4 rings (SSSR count). The first kappa shape index (κ1) is 16.4. The number of carbonyl (C=O) groups is 1. The zero-order chi connectivity index (χ0) is 17.9. The maximum atomic E-state index is 12.7. The first-order valence-corrected chi connectivity index (χ1v) is 9.06. The molecule has 2 aliphatic rings. The average molecular weight is 364 g/mol. The van der Waals surface area contributed by atoms with Gasteiger partial charge in [0.2, 0.25) is 0 Å². The first-order valence-electron chi connectivity index (χ1n) is 8.08. The SMILES string of the molecule is C=CCSC1=NN2C(=c3ccccc3=N[C@H]2/C=C/c2ccco2)C(=O)N1. The molecule has 2 aromatic rings. The number of nitrogens with one attached hydrogen (secondary N) is 1. The van der Waals surface area contributed by atoms with Crippen molar-refractivity contribution in [3.8, 4) is 0 Å². The normalized spacial score (nSPS) is 18.7. The zero-order valence-electron chi connectivity index (χ0n) is 13.8. The lowest BCUT2D eigenvalue weighted by Crippen LogP contribution is -2.52. The molecule has 0 radical (unpaired) electrons. The van der Waals surface area contributed by atoms with E-state index in [2.05, 4.69) is 17.0 Å². The lowest BCUT2D eigenvalue weighted by Gasteiger charge is -2.32. The Morgan fingerprint density at radius 3 is 3.00 bits per heavy atom. The van der Waals surface area contributed by atoms with Crippen molar-refractivity contribution in [2.75, 3.05) is 5.75 Å². The number of fused-ring (bicyclic) bond motifs is 2. The number of hydrazone groups is 1. The third-order valence-corrected chi connectivity index (χ3v) is 4.72. The number of hydrogen-bond donors (Lipinski definition) is 1. The largest absolute Gasteiger partial charge is 0.465 e.